The summed E-state index contributed by atoms with van der Waals surface area (Å²) >= 11 is 4.71. The van der Waals surface area contributed by atoms with E-state index >= 15 is 0 Å². The van der Waals surface area contributed by atoms with Crippen molar-refractivity contribution < 1.29 is 5.11 Å². The molecular formula is C24H26OS. The van der Waals surface area contributed by atoms with E-state index in [0.717, 1.165) is 28.9 Å². The molecule has 2 heteroatoms. The van der Waals surface area contributed by atoms with Crippen LogP contribution in [0, 0.1) is 5.92 Å². The van der Waals surface area contributed by atoms with Crippen LogP contribution < -0.4 is 0 Å². The maximum Gasteiger partial charge on any atom is 0.117 e. The summed E-state index contributed by atoms with van der Waals surface area (Å²) in [6.45, 7) is 8.54. The maximum atomic E-state index is 10.1. The van der Waals surface area contributed by atoms with E-state index in [1.54, 1.807) is 6.07 Å². The molecule has 0 saturated carbocycles. The van der Waals surface area contributed by atoms with Crippen molar-refractivity contribution in [2.24, 2.45) is 5.92 Å². The summed E-state index contributed by atoms with van der Waals surface area (Å²) in [7, 11) is 0. The predicted octanol–water partition coefficient (Wildman–Crippen LogP) is 6.87. The molecule has 1 aliphatic rings. The fraction of sp³-hybridized carbons (Fsp3) is 0.250. The van der Waals surface area contributed by atoms with Gasteiger partial charge in [0.15, 0.2) is 0 Å². The first kappa shape index (κ1) is 18.6. The lowest BCUT2D eigenvalue weighted by Gasteiger charge is -2.32. The van der Waals surface area contributed by atoms with E-state index in [1.165, 1.54) is 16.7 Å². The Hall–Kier alpha value is -2.19. The molecule has 3 rings (SSSR count). The maximum absolute atomic E-state index is 10.1. The quantitative estimate of drug-likeness (QED) is 0.345. The molecule has 2 aromatic carbocycles. The molecule has 1 nitrogen and oxygen atoms in total. The normalized spacial score (nSPS) is 20.2. The third-order valence-electron chi connectivity index (χ3n) is 5.14. The lowest BCUT2D eigenvalue weighted by atomic mass is 9.73. The fourth-order valence-electron chi connectivity index (χ4n) is 3.80. The molecule has 0 amide bonds. The number of phenolic OH excluding ortho intramolecular Hbond substituents is 1. The highest BCUT2D eigenvalue weighted by Crippen LogP contribution is 2.44. The zero-order chi connectivity index (χ0) is 18.7. The van der Waals surface area contributed by atoms with Crippen molar-refractivity contribution in [3.05, 3.63) is 83.0 Å². The molecule has 134 valence electrons. The van der Waals surface area contributed by atoms with Gasteiger partial charge in [-0.3, -0.25) is 0 Å². The van der Waals surface area contributed by atoms with Gasteiger partial charge in [0.1, 0.15) is 5.75 Å². The molecule has 0 heterocycles. The van der Waals surface area contributed by atoms with Gasteiger partial charge < -0.3 is 5.11 Å². The summed E-state index contributed by atoms with van der Waals surface area (Å²) in [4.78, 5) is 0.833. The lowest BCUT2D eigenvalue weighted by molar-refractivity contribution is 0.465. The van der Waals surface area contributed by atoms with E-state index in [0.29, 0.717) is 5.92 Å². The first-order valence-corrected chi connectivity index (χ1v) is 9.52. The van der Waals surface area contributed by atoms with Crippen LogP contribution in [-0.2, 0) is 0 Å². The second-order valence-corrected chi connectivity index (χ2v) is 7.72. The smallest absolute Gasteiger partial charge is 0.117 e. The third kappa shape index (κ3) is 4.13. The Morgan fingerprint density at radius 1 is 1.19 bits per heavy atom. The van der Waals surface area contributed by atoms with Crippen LogP contribution in [0.2, 0.25) is 0 Å². The summed E-state index contributed by atoms with van der Waals surface area (Å²) in [5.74, 6) is 0.887. The Morgan fingerprint density at radius 2 is 1.92 bits per heavy atom. The molecule has 0 aromatic heterocycles. The van der Waals surface area contributed by atoms with Gasteiger partial charge in [-0.05, 0) is 61.4 Å². The van der Waals surface area contributed by atoms with E-state index < -0.39 is 0 Å². The first-order valence-electron chi connectivity index (χ1n) is 9.07. The Labute approximate surface area is 162 Å². The molecule has 2 aromatic rings. The highest BCUT2D eigenvalue weighted by molar-refractivity contribution is 7.80. The van der Waals surface area contributed by atoms with Crippen molar-refractivity contribution in [3.8, 4) is 5.75 Å². The largest absolute Gasteiger partial charge is 0.508 e. The van der Waals surface area contributed by atoms with Crippen molar-refractivity contribution in [3.63, 3.8) is 0 Å². The van der Waals surface area contributed by atoms with Crippen molar-refractivity contribution in [1.29, 1.82) is 0 Å². The predicted molar refractivity (Wildman–Crippen MR) is 115 cm³/mol. The number of rotatable bonds is 4. The van der Waals surface area contributed by atoms with Crippen LogP contribution in [0.1, 0.15) is 49.3 Å². The third-order valence-corrected chi connectivity index (χ3v) is 5.51. The molecule has 0 radical (unpaired) electrons. The summed E-state index contributed by atoms with van der Waals surface area (Å²) in [6.07, 6.45) is 8.74. The van der Waals surface area contributed by atoms with E-state index in [4.69, 9.17) is 12.6 Å². The minimum atomic E-state index is 0.241. The summed E-state index contributed by atoms with van der Waals surface area (Å²) in [6, 6.07) is 13.8. The van der Waals surface area contributed by atoms with Crippen molar-refractivity contribution in [2.75, 3.05) is 0 Å². The summed E-state index contributed by atoms with van der Waals surface area (Å²) < 4.78 is 0. The molecule has 0 aliphatic heterocycles. The van der Waals surface area contributed by atoms with Gasteiger partial charge in [-0.2, -0.15) is 0 Å². The van der Waals surface area contributed by atoms with Crippen LogP contribution in [0.15, 0.2) is 71.2 Å². The number of aromatic hydroxyl groups is 1. The van der Waals surface area contributed by atoms with Crippen LogP contribution in [0.5, 0.6) is 5.75 Å². The van der Waals surface area contributed by atoms with Crippen LogP contribution in [0.3, 0.4) is 0 Å². The molecule has 0 fully saturated rings. The average Bonchev–Trinajstić information content (AvgIpc) is 2.60. The number of phenols is 1. The Bertz CT molecular complexity index is 861. The topological polar surface area (TPSA) is 20.2 Å². The molecule has 1 N–H and O–H groups in total. The van der Waals surface area contributed by atoms with Crippen LogP contribution in [-0.4, -0.2) is 5.11 Å². The zero-order valence-corrected chi connectivity index (χ0v) is 16.3. The SMILES string of the molecule is C=C(C)[C@@H]1CCC(C)=CC1c1c(S)cc(O)cc1/C=C/c1ccccc1. The molecular weight excluding hydrogens is 336 g/mol. The fourth-order valence-corrected chi connectivity index (χ4v) is 4.21. The minimum absolute atomic E-state index is 0.241. The van der Waals surface area contributed by atoms with Crippen LogP contribution in [0.25, 0.3) is 12.2 Å². The van der Waals surface area contributed by atoms with E-state index in [9.17, 15) is 5.11 Å². The minimum Gasteiger partial charge on any atom is -0.508 e. The Balaban J connectivity index is 2.10. The standard InChI is InChI=1S/C24H26OS/c1-16(2)21-12-9-17(3)13-22(21)24-19(14-20(25)15-23(24)26)11-10-18-7-5-4-6-8-18/h4-8,10-11,13-15,21-22,25-26H,1,9,12H2,2-3H3/b11-10+/t21-,22?/m0/s1. The molecule has 1 aliphatic carbocycles. The van der Waals surface area contributed by atoms with Gasteiger partial charge in [0.2, 0.25) is 0 Å². The summed E-state index contributed by atoms with van der Waals surface area (Å²) in [5.41, 5.74) is 5.93. The number of thiol groups is 1. The Morgan fingerprint density at radius 3 is 2.62 bits per heavy atom. The Kier molecular flexibility index (Phi) is 5.73. The molecule has 0 bridgehead atoms. The van der Waals surface area contributed by atoms with Gasteiger partial charge in [-0.15, -0.1) is 12.6 Å². The summed E-state index contributed by atoms with van der Waals surface area (Å²) in [5, 5.41) is 10.1. The zero-order valence-electron chi connectivity index (χ0n) is 15.4. The van der Waals surface area contributed by atoms with E-state index in [1.807, 2.05) is 24.3 Å². The van der Waals surface area contributed by atoms with Gasteiger partial charge in [0.25, 0.3) is 0 Å². The number of allylic oxidation sites excluding steroid dienone is 3. The van der Waals surface area contributed by atoms with Crippen LogP contribution in [0.4, 0.5) is 0 Å². The highest BCUT2D eigenvalue weighted by Gasteiger charge is 2.28. The second-order valence-electron chi connectivity index (χ2n) is 7.24. The van der Waals surface area contributed by atoms with Gasteiger partial charge in [-0.1, -0.05) is 66.3 Å². The van der Waals surface area contributed by atoms with Crippen molar-refractivity contribution in [2.45, 2.75) is 37.5 Å². The number of hydrogen-bond donors (Lipinski definition) is 2. The van der Waals surface area contributed by atoms with Crippen molar-refractivity contribution >= 4 is 24.8 Å². The molecule has 26 heavy (non-hydrogen) atoms. The number of hydrogen-bond acceptors (Lipinski definition) is 2. The van der Waals surface area contributed by atoms with Gasteiger partial charge in [0, 0.05) is 10.8 Å². The number of benzene rings is 2. The highest BCUT2D eigenvalue weighted by atomic mass is 32.1. The average molecular weight is 363 g/mol. The molecule has 0 saturated heterocycles. The molecule has 0 spiro atoms. The molecule has 1 unspecified atom stereocenters. The van der Waals surface area contributed by atoms with Crippen molar-refractivity contribution in [1.82, 2.24) is 0 Å². The van der Waals surface area contributed by atoms with Gasteiger partial charge in [-0.25, -0.2) is 0 Å². The monoisotopic (exact) mass is 362 g/mol. The second kappa shape index (κ2) is 8.01. The molecule has 2 atom stereocenters. The lowest BCUT2D eigenvalue weighted by Crippen LogP contribution is -2.18. The van der Waals surface area contributed by atoms with Gasteiger partial charge >= 0.3 is 0 Å². The first-order chi connectivity index (χ1) is 12.5. The van der Waals surface area contributed by atoms with Crippen LogP contribution >= 0.6 is 12.6 Å². The van der Waals surface area contributed by atoms with E-state index in [2.05, 4.69) is 50.8 Å². The van der Waals surface area contributed by atoms with Gasteiger partial charge in [0.05, 0.1) is 0 Å². The van der Waals surface area contributed by atoms with E-state index in [-0.39, 0.29) is 11.7 Å².